The molecule has 1 amide bonds. The molecule has 0 bridgehead atoms. The van der Waals surface area contributed by atoms with Crippen LogP contribution >= 0.6 is 11.6 Å². The fourth-order valence-electron chi connectivity index (χ4n) is 2.22. The Morgan fingerprint density at radius 3 is 2.82 bits per heavy atom. The minimum absolute atomic E-state index is 0.174. The van der Waals surface area contributed by atoms with Crippen LogP contribution in [-0.2, 0) is 11.2 Å². The summed E-state index contributed by atoms with van der Waals surface area (Å²) in [5, 5.41) is 13.8. The van der Waals surface area contributed by atoms with Gasteiger partial charge in [0.15, 0.2) is 0 Å². The van der Waals surface area contributed by atoms with Crippen LogP contribution in [0.5, 0.6) is 0 Å². The Balaban J connectivity index is 2.09. The molecule has 0 spiro atoms. The molecule has 3 N–H and O–H groups in total. The lowest BCUT2D eigenvalue weighted by atomic mass is 10.1. The number of aliphatic hydroxyl groups is 1. The van der Waals surface area contributed by atoms with Crippen molar-refractivity contribution in [2.45, 2.75) is 38.8 Å². The zero-order valence-electron chi connectivity index (χ0n) is 12.9. The van der Waals surface area contributed by atoms with Crippen LogP contribution in [-0.4, -0.2) is 34.4 Å². The number of H-pyrrole nitrogens is 1. The van der Waals surface area contributed by atoms with Gasteiger partial charge in [0.2, 0.25) is 0 Å². The normalized spacial score (nSPS) is 13.1. The quantitative estimate of drug-likeness (QED) is 0.808. The molecule has 2 rings (SSSR count). The molecule has 0 saturated heterocycles. The smallest absolute Gasteiger partial charge is 0.407 e. The number of aromatic nitrogens is 1. The van der Waals surface area contributed by atoms with Crippen molar-refractivity contribution >= 4 is 28.6 Å². The Morgan fingerprint density at radius 2 is 2.18 bits per heavy atom. The number of hydrogen-bond acceptors (Lipinski definition) is 3. The Kier molecular flexibility index (Phi) is 4.98. The second-order valence-electron chi connectivity index (χ2n) is 6.23. The van der Waals surface area contributed by atoms with Crippen LogP contribution in [0.2, 0.25) is 5.02 Å². The second kappa shape index (κ2) is 6.58. The highest BCUT2D eigenvalue weighted by Gasteiger charge is 2.20. The van der Waals surface area contributed by atoms with Crippen LogP contribution in [0.4, 0.5) is 4.79 Å². The highest BCUT2D eigenvalue weighted by Crippen LogP contribution is 2.23. The van der Waals surface area contributed by atoms with Crippen LogP contribution in [0.15, 0.2) is 24.4 Å². The van der Waals surface area contributed by atoms with Crippen molar-refractivity contribution in [3.8, 4) is 0 Å². The molecular formula is C16H21ClN2O3. The highest BCUT2D eigenvalue weighted by atomic mass is 35.5. The van der Waals surface area contributed by atoms with Crippen LogP contribution in [0.3, 0.4) is 0 Å². The van der Waals surface area contributed by atoms with Crippen molar-refractivity contribution in [1.82, 2.24) is 10.3 Å². The summed E-state index contributed by atoms with van der Waals surface area (Å²) < 4.78 is 5.21. The topological polar surface area (TPSA) is 74.3 Å². The third-order valence-corrected chi connectivity index (χ3v) is 3.37. The van der Waals surface area contributed by atoms with E-state index in [1.165, 1.54) is 0 Å². The fourth-order valence-corrected chi connectivity index (χ4v) is 2.39. The maximum Gasteiger partial charge on any atom is 0.407 e. The summed E-state index contributed by atoms with van der Waals surface area (Å²) in [4.78, 5) is 15.0. The van der Waals surface area contributed by atoms with Gasteiger partial charge in [-0.25, -0.2) is 4.79 Å². The average Bonchev–Trinajstić information content (AvgIpc) is 2.78. The summed E-state index contributed by atoms with van der Waals surface area (Å²) in [5.74, 6) is 0. The molecule has 2 aromatic rings. The molecule has 5 nitrogen and oxygen atoms in total. The van der Waals surface area contributed by atoms with Gasteiger partial charge in [-0.05, 0) is 51.0 Å². The van der Waals surface area contributed by atoms with Gasteiger partial charge in [0, 0.05) is 22.1 Å². The van der Waals surface area contributed by atoms with Gasteiger partial charge in [-0.2, -0.15) is 0 Å². The van der Waals surface area contributed by atoms with E-state index in [1.54, 1.807) is 20.8 Å². The Bertz CT molecular complexity index is 661. The number of carbonyl (C=O) groups is 1. The van der Waals surface area contributed by atoms with E-state index in [0.29, 0.717) is 11.4 Å². The van der Waals surface area contributed by atoms with Crippen LogP contribution in [0.25, 0.3) is 10.9 Å². The van der Waals surface area contributed by atoms with E-state index in [-0.39, 0.29) is 6.61 Å². The van der Waals surface area contributed by atoms with E-state index in [1.807, 2.05) is 24.4 Å². The number of alkyl carbamates (subject to hydrolysis) is 1. The maximum absolute atomic E-state index is 11.8. The molecule has 0 unspecified atom stereocenters. The molecule has 0 aliphatic rings. The molecule has 6 heteroatoms. The molecule has 1 aromatic heterocycles. The number of fused-ring (bicyclic) bond motifs is 1. The molecule has 22 heavy (non-hydrogen) atoms. The van der Waals surface area contributed by atoms with Gasteiger partial charge in [0.1, 0.15) is 5.60 Å². The van der Waals surface area contributed by atoms with E-state index < -0.39 is 17.7 Å². The maximum atomic E-state index is 11.8. The van der Waals surface area contributed by atoms with E-state index in [2.05, 4.69) is 10.3 Å². The third-order valence-electron chi connectivity index (χ3n) is 3.14. The number of benzene rings is 1. The molecule has 0 aliphatic carbocycles. The lowest BCUT2D eigenvalue weighted by molar-refractivity contribution is 0.0483. The summed E-state index contributed by atoms with van der Waals surface area (Å²) in [6.45, 7) is 5.21. The minimum atomic E-state index is -0.571. The van der Waals surface area contributed by atoms with Gasteiger partial charge in [-0.3, -0.25) is 0 Å². The van der Waals surface area contributed by atoms with Gasteiger partial charge in [-0.1, -0.05) is 11.6 Å². The molecule has 1 atom stereocenters. The predicted molar refractivity (Wildman–Crippen MR) is 87.3 cm³/mol. The summed E-state index contributed by atoms with van der Waals surface area (Å²) in [7, 11) is 0. The number of carbonyl (C=O) groups excluding carboxylic acids is 1. The zero-order valence-corrected chi connectivity index (χ0v) is 13.7. The summed E-state index contributed by atoms with van der Waals surface area (Å²) in [5.41, 5.74) is 1.37. The number of halogens is 1. The van der Waals surface area contributed by atoms with E-state index in [0.717, 1.165) is 16.5 Å². The second-order valence-corrected chi connectivity index (χ2v) is 6.67. The number of aromatic amines is 1. The SMILES string of the molecule is CC(C)(C)OC(=O)N[C@H](CO)Cc1c[nH]c2ccc(Cl)cc12. The highest BCUT2D eigenvalue weighted by molar-refractivity contribution is 6.31. The molecule has 0 radical (unpaired) electrons. The summed E-state index contributed by atoms with van der Waals surface area (Å²) in [6, 6.07) is 5.15. The number of hydrogen-bond donors (Lipinski definition) is 3. The third kappa shape index (κ3) is 4.39. The molecule has 1 aromatic carbocycles. The molecule has 0 saturated carbocycles. The largest absolute Gasteiger partial charge is 0.444 e. The van der Waals surface area contributed by atoms with Gasteiger partial charge < -0.3 is 20.1 Å². The fraction of sp³-hybridized carbons (Fsp3) is 0.438. The number of ether oxygens (including phenoxy) is 1. The summed E-state index contributed by atoms with van der Waals surface area (Å²) >= 11 is 6.02. The average molecular weight is 325 g/mol. The van der Waals surface area contributed by atoms with Crippen LogP contribution < -0.4 is 5.32 Å². The molecular weight excluding hydrogens is 304 g/mol. The number of aliphatic hydroxyl groups excluding tert-OH is 1. The van der Waals surface area contributed by atoms with Crippen LogP contribution in [0.1, 0.15) is 26.3 Å². The van der Waals surface area contributed by atoms with E-state index in [4.69, 9.17) is 16.3 Å². The molecule has 120 valence electrons. The van der Waals surface area contributed by atoms with Gasteiger partial charge in [-0.15, -0.1) is 0 Å². The first-order valence-corrected chi connectivity index (χ1v) is 7.52. The molecule has 1 heterocycles. The lowest BCUT2D eigenvalue weighted by Crippen LogP contribution is -2.42. The first-order valence-electron chi connectivity index (χ1n) is 7.14. The number of nitrogens with one attached hydrogen (secondary N) is 2. The van der Waals surface area contributed by atoms with Crippen molar-refractivity contribution in [2.75, 3.05) is 6.61 Å². The van der Waals surface area contributed by atoms with Gasteiger partial charge >= 0.3 is 6.09 Å². The van der Waals surface area contributed by atoms with E-state index in [9.17, 15) is 9.90 Å². The summed E-state index contributed by atoms with van der Waals surface area (Å²) in [6.07, 6.45) is 1.81. The predicted octanol–water partition coefficient (Wildman–Crippen LogP) is 3.25. The Morgan fingerprint density at radius 1 is 1.45 bits per heavy atom. The Hall–Kier alpha value is -1.72. The first kappa shape index (κ1) is 16.6. The monoisotopic (exact) mass is 324 g/mol. The van der Waals surface area contributed by atoms with Crippen LogP contribution in [0, 0.1) is 0 Å². The van der Waals surface area contributed by atoms with Crippen molar-refractivity contribution in [3.63, 3.8) is 0 Å². The van der Waals surface area contributed by atoms with E-state index >= 15 is 0 Å². The zero-order chi connectivity index (χ0) is 16.3. The number of amides is 1. The van der Waals surface area contributed by atoms with Crippen molar-refractivity contribution in [2.24, 2.45) is 0 Å². The van der Waals surface area contributed by atoms with Crippen molar-refractivity contribution < 1.29 is 14.6 Å². The minimum Gasteiger partial charge on any atom is -0.444 e. The standard InChI is InChI=1S/C16H21ClN2O3/c1-16(2,3)22-15(21)19-12(9-20)6-10-8-18-14-5-4-11(17)7-13(10)14/h4-5,7-8,12,18,20H,6,9H2,1-3H3,(H,19,21)/t12-/m0/s1. The molecule has 0 aliphatic heterocycles. The molecule has 0 fully saturated rings. The number of rotatable bonds is 4. The first-order chi connectivity index (χ1) is 10.3. The lowest BCUT2D eigenvalue weighted by Gasteiger charge is -2.22. The Labute approximate surface area is 134 Å². The van der Waals surface area contributed by atoms with Crippen molar-refractivity contribution in [1.29, 1.82) is 0 Å². The van der Waals surface area contributed by atoms with Crippen molar-refractivity contribution in [3.05, 3.63) is 35.0 Å². The van der Waals surface area contributed by atoms with Gasteiger partial charge in [0.25, 0.3) is 0 Å². The van der Waals surface area contributed by atoms with Gasteiger partial charge in [0.05, 0.1) is 12.6 Å².